The minimum Gasteiger partial charge on any atom is -0.624 e. The SMILES string of the molecule is CC1=[N+]([O-])CC(C)CCC1. The monoisotopic (exact) mass is 141 g/mol. The third kappa shape index (κ3) is 1.72. The highest BCUT2D eigenvalue weighted by molar-refractivity contribution is 5.77. The molecule has 0 N–H and O–H groups in total. The topological polar surface area (TPSA) is 26.1 Å². The number of nitrogens with zero attached hydrogens (tertiary/aromatic N) is 1. The summed E-state index contributed by atoms with van der Waals surface area (Å²) >= 11 is 0. The molecular weight excluding hydrogens is 126 g/mol. The van der Waals surface area contributed by atoms with Crippen molar-refractivity contribution in [1.29, 1.82) is 0 Å². The molecule has 0 aromatic carbocycles. The van der Waals surface area contributed by atoms with Gasteiger partial charge < -0.3 is 5.21 Å². The van der Waals surface area contributed by atoms with Crippen LogP contribution >= 0.6 is 0 Å². The Labute approximate surface area is 62.1 Å². The minimum absolute atomic E-state index is 0.579. The van der Waals surface area contributed by atoms with Gasteiger partial charge in [0.05, 0.1) is 0 Å². The maximum Gasteiger partial charge on any atom is 0.160 e. The second-order valence-corrected chi connectivity index (χ2v) is 3.29. The molecule has 0 radical (unpaired) electrons. The molecule has 0 fully saturated rings. The lowest BCUT2D eigenvalue weighted by atomic mass is 10.1. The Morgan fingerprint density at radius 1 is 1.60 bits per heavy atom. The van der Waals surface area contributed by atoms with Gasteiger partial charge in [-0.15, -0.1) is 0 Å². The van der Waals surface area contributed by atoms with Crippen molar-refractivity contribution in [2.24, 2.45) is 5.92 Å². The van der Waals surface area contributed by atoms with Crippen LogP contribution in [0.5, 0.6) is 0 Å². The van der Waals surface area contributed by atoms with Gasteiger partial charge in [0.25, 0.3) is 0 Å². The third-order valence-corrected chi connectivity index (χ3v) is 2.14. The van der Waals surface area contributed by atoms with Gasteiger partial charge in [-0.1, -0.05) is 6.92 Å². The van der Waals surface area contributed by atoms with Crippen molar-refractivity contribution in [1.82, 2.24) is 0 Å². The van der Waals surface area contributed by atoms with Crippen LogP contribution in [-0.4, -0.2) is 17.0 Å². The smallest absolute Gasteiger partial charge is 0.160 e. The van der Waals surface area contributed by atoms with E-state index >= 15 is 0 Å². The van der Waals surface area contributed by atoms with E-state index in [1.54, 1.807) is 0 Å². The minimum atomic E-state index is 0.579. The van der Waals surface area contributed by atoms with Crippen molar-refractivity contribution in [3.8, 4) is 0 Å². The summed E-state index contributed by atoms with van der Waals surface area (Å²) in [6.07, 6.45) is 3.38. The molecule has 1 aliphatic heterocycles. The number of rotatable bonds is 0. The largest absolute Gasteiger partial charge is 0.624 e. The summed E-state index contributed by atoms with van der Waals surface area (Å²) in [6.45, 7) is 4.78. The van der Waals surface area contributed by atoms with Crippen molar-refractivity contribution in [3.63, 3.8) is 0 Å². The zero-order valence-electron chi connectivity index (χ0n) is 6.76. The van der Waals surface area contributed by atoms with Crippen LogP contribution in [0.4, 0.5) is 0 Å². The fourth-order valence-corrected chi connectivity index (χ4v) is 1.36. The molecule has 58 valence electrons. The van der Waals surface area contributed by atoms with Crippen molar-refractivity contribution in [2.45, 2.75) is 33.1 Å². The Kier molecular flexibility index (Phi) is 2.30. The van der Waals surface area contributed by atoms with Gasteiger partial charge in [0, 0.05) is 19.3 Å². The summed E-state index contributed by atoms with van der Waals surface area (Å²) in [5.74, 6) is 0.579. The molecule has 2 nitrogen and oxygen atoms in total. The molecule has 1 aliphatic rings. The first-order valence-corrected chi connectivity index (χ1v) is 3.97. The van der Waals surface area contributed by atoms with Crippen LogP contribution in [0.3, 0.4) is 0 Å². The van der Waals surface area contributed by atoms with Crippen molar-refractivity contribution >= 4 is 5.71 Å². The van der Waals surface area contributed by atoms with Crippen LogP contribution in [0.2, 0.25) is 0 Å². The molecule has 1 rings (SSSR count). The summed E-state index contributed by atoms with van der Waals surface area (Å²) < 4.78 is 1.15. The summed E-state index contributed by atoms with van der Waals surface area (Å²) in [5, 5.41) is 11.1. The first-order valence-electron chi connectivity index (χ1n) is 3.97. The Morgan fingerprint density at radius 2 is 2.30 bits per heavy atom. The highest BCUT2D eigenvalue weighted by atomic mass is 16.5. The average Bonchev–Trinajstić information content (AvgIpc) is 1.96. The molecule has 0 spiro atoms. The zero-order valence-corrected chi connectivity index (χ0v) is 6.76. The summed E-state index contributed by atoms with van der Waals surface area (Å²) in [4.78, 5) is 0. The Bertz CT molecular complexity index is 151. The molecule has 0 aromatic rings. The van der Waals surface area contributed by atoms with Crippen molar-refractivity contribution < 1.29 is 4.74 Å². The molecular formula is C8H15NO. The average molecular weight is 141 g/mol. The van der Waals surface area contributed by atoms with Gasteiger partial charge in [0.2, 0.25) is 0 Å². The van der Waals surface area contributed by atoms with Gasteiger partial charge in [-0.25, -0.2) is 4.74 Å². The quantitative estimate of drug-likeness (QED) is 0.373. The molecule has 1 unspecified atom stereocenters. The predicted molar refractivity (Wildman–Crippen MR) is 42.2 cm³/mol. The third-order valence-electron chi connectivity index (χ3n) is 2.14. The highest BCUT2D eigenvalue weighted by Crippen LogP contribution is 2.12. The van der Waals surface area contributed by atoms with Crippen LogP contribution in [0, 0.1) is 11.1 Å². The fraction of sp³-hybridized carbons (Fsp3) is 0.875. The van der Waals surface area contributed by atoms with Crippen LogP contribution in [0.15, 0.2) is 0 Å². The van der Waals surface area contributed by atoms with Gasteiger partial charge >= 0.3 is 0 Å². The van der Waals surface area contributed by atoms with Crippen LogP contribution in [0.1, 0.15) is 33.1 Å². The van der Waals surface area contributed by atoms with E-state index in [9.17, 15) is 5.21 Å². The summed E-state index contributed by atoms with van der Waals surface area (Å²) in [7, 11) is 0. The lowest BCUT2D eigenvalue weighted by molar-refractivity contribution is -0.465. The molecule has 2 heteroatoms. The van der Waals surface area contributed by atoms with Crippen molar-refractivity contribution in [3.05, 3.63) is 5.21 Å². The highest BCUT2D eigenvalue weighted by Gasteiger charge is 2.14. The van der Waals surface area contributed by atoms with Crippen LogP contribution in [-0.2, 0) is 0 Å². The van der Waals surface area contributed by atoms with E-state index in [4.69, 9.17) is 0 Å². The number of hydrogen-bond donors (Lipinski definition) is 0. The number of hydroxylamine groups is 1. The van der Waals surface area contributed by atoms with E-state index in [2.05, 4.69) is 6.92 Å². The standard InChI is InChI=1S/C8H15NO/c1-7-4-3-5-8(2)9(10)6-7/h7H,3-6H2,1-2H3. The van der Waals surface area contributed by atoms with Gasteiger partial charge in [0.15, 0.2) is 12.3 Å². The molecule has 1 heterocycles. The van der Waals surface area contributed by atoms with E-state index in [1.165, 1.54) is 12.8 Å². The maximum absolute atomic E-state index is 11.1. The lowest BCUT2D eigenvalue weighted by Crippen LogP contribution is -2.15. The molecule has 1 atom stereocenters. The van der Waals surface area contributed by atoms with Gasteiger partial charge in [-0.05, 0) is 12.8 Å². The first kappa shape index (κ1) is 7.58. The first-order chi connectivity index (χ1) is 4.70. The maximum atomic E-state index is 11.1. The Balaban J connectivity index is 2.61. The summed E-state index contributed by atoms with van der Waals surface area (Å²) in [6, 6.07) is 0. The Hall–Kier alpha value is -0.530. The van der Waals surface area contributed by atoms with E-state index in [0.29, 0.717) is 12.5 Å². The lowest BCUT2D eigenvalue weighted by Gasteiger charge is -2.07. The van der Waals surface area contributed by atoms with Crippen molar-refractivity contribution in [2.75, 3.05) is 6.54 Å². The number of hydrogen-bond acceptors (Lipinski definition) is 1. The predicted octanol–water partition coefficient (Wildman–Crippen LogP) is 1.78. The normalized spacial score (nSPS) is 28.4. The van der Waals surface area contributed by atoms with E-state index in [1.807, 2.05) is 6.92 Å². The van der Waals surface area contributed by atoms with Gasteiger partial charge in [-0.3, -0.25) is 0 Å². The molecule has 0 saturated heterocycles. The van der Waals surface area contributed by atoms with Gasteiger partial charge in [0.1, 0.15) is 0 Å². The molecule has 0 bridgehead atoms. The van der Waals surface area contributed by atoms with E-state index < -0.39 is 0 Å². The van der Waals surface area contributed by atoms with E-state index in [0.717, 1.165) is 16.9 Å². The fourth-order valence-electron chi connectivity index (χ4n) is 1.36. The molecule has 0 aromatic heterocycles. The Morgan fingerprint density at radius 3 is 3.00 bits per heavy atom. The van der Waals surface area contributed by atoms with E-state index in [-0.39, 0.29) is 0 Å². The zero-order chi connectivity index (χ0) is 7.56. The molecule has 10 heavy (non-hydrogen) atoms. The van der Waals surface area contributed by atoms with Gasteiger partial charge in [-0.2, -0.15) is 0 Å². The van der Waals surface area contributed by atoms with Crippen LogP contribution in [0.25, 0.3) is 0 Å². The second kappa shape index (κ2) is 3.04. The molecule has 0 saturated carbocycles. The van der Waals surface area contributed by atoms with Crippen LogP contribution < -0.4 is 0 Å². The molecule has 0 amide bonds. The molecule has 0 aliphatic carbocycles. The summed E-state index contributed by atoms with van der Waals surface area (Å²) in [5.41, 5.74) is 1.00. The second-order valence-electron chi connectivity index (χ2n) is 3.29.